The van der Waals surface area contributed by atoms with Crippen molar-refractivity contribution < 1.29 is 4.39 Å². The number of nitrogens with two attached hydrogens (primary N) is 1. The first-order chi connectivity index (χ1) is 7.85. The number of benzene rings is 1. The van der Waals surface area contributed by atoms with E-state index >= 15 is 0 Å². The Bertz CT molecular complexity index is 360. The summed E-state index contributed by atoms with van der Waals surface area (Å²) >= 11 is 0. The molecule has 0 radical (unpaired) electrons. The van der Waals surface area contributed by atoms with E-state index < -0.39 is 0 Å². The fourth-order valence-electron chi connectivity index (χ4n) is 2.18. The highest BCUT2D eigenvalue weighted by Crippen LogP contribution is 2.27. The lowest BCUT2D eigenvalue weighted by Crippen LogP contribution is -2.17. The SMILES string of the molecule is Cc1cc(CCC(C)(C)CCN)cc(C)c1F. The summed E-state index contributed by atoms with van der Waals surface area (Å²) in [7, 11) is 0. The van der Waals surface area contributed by atoms with Gasteiger partial charge in [0.25, 0.3) is 0 Å². The van der Waals surface area contributed by atoms with E-state index in [2.05, 4.69) is 13.8 Å². The Balaban J connectivity index is 2.70. The van der Waals surface area contributed by atoms with Gasteiger partial charge in [-0.3, -0.25) is 0 Å². The maximum absolute atomic E-state index is 13.5. The van der Waals surface area contributed by atoms with Crippen molar-refractivity contribution in [2.24, 2.45) is 11.1 Å². The number of hydrogen-bond acceptors (Lipinski definition) is 1. The van der Waals surface area contributed by atoms with Crippen LogP contribution in [0.3, 0.4) is 0 Å². The third kappa shape index (κ3) is 4.12. The van der Waals surface area contributed by atoms with Crippen molar-refractivity contribution in [2.45, 2.75) is 47.0 Å². The lowest BCUT2D eigenvalue weighted by molar-refractivity contribution is 0.313. The first-order valence-corrected chi connectivity index (χ1v) is 6.31. The Kier molecular flexibility index (Phi) is 4.70. The van der Waals surface area contributed by atoms with Gasteiger partial charge in [-0.2, -0.15) is 0 Å². The number of hydrogen-bond donors (Lipinski definition) is 1. The van der Waals surface area contributed by atoms with Crippen LogP contribution < -0.4 is 5.73 Å². The third-order valence-electron chi connectivity index (χ3n) is 3.41. The van der Waals surface area contributed by atoms with E-state index in [1.807, 2.05) is 26.0 Å². The Morgan fingerprint density at radius 3 is 2.12 bits per heavy atom. The smallest absolute Gasteiger partial charge is 0.129 e. The summed E-state index contributed by atoms with van der Waals surface area (Å²) in [5.74, 6) is -0.0741. The van der Waals surface area contributed by atoms with Gasteiger partial charge in [0.2, 0.25) is 0 Å². The molecular formula is C15H24FN. The summed E-state index contributed by atoms with van der Waals surface area (Å²) < 4.78 is 13.5. The van der Waals surface area contributed by atoms with Crippen LogP contribution in [0.15, 0.2) is 12.1 Å². The normalized spacial score (nSPS) is 11.9. The summed E-state index contributed by atoms with van der Waals surface area (Å²) in [6, 6.07) is 3.92. The molecule has 1 aromatic rings. The Morgan fingerprint density at radius 2 is 1.65 bits per heavy atom. The predicted octanol–water partition coefficient (Wildman–Crippen LogP) is 3.75. The topological polar surface area (TPSA) is 26.0 Å². The number of aryl methyl sites for hydroxylation is 3. The van der Waals surface area contributed by atoms with E-state index in [0.717, 1.165) is 36.9 Å². The molecule has 0 aliphatic carbocycles. The zero-order chi connectivity index (χ0) is 13.1. The molecule has 0 saturated carbocycles. The molecule has 96 valence electrons. The fourth-order valence-corrected chi connectivity index (χ4v) is 2.18. The van der Waals surface area contributed by atoms with Crippen molar-refractivity contribution in [3.63, 3.8) is 0 Å². The Morgan fingerprint density at radius 1 is 1.12 bits per heavy atom. The molecule has 0 bridgehead atoms. The van der Waals surface area contributed by atoms with Crippen LogP contribution in [0.1, 0.15) is 43.4 Å². The van der Waals surface area contributed by atoms with E-state index in [9.17, 15) is 4.39 Å². The molecule has 0 saturated heterocycles. The summed E-state index contributed by atoms with van der Waals surface area (Å²) in [6.45, 7) is 8.87. The average Bonchev–Trinajstić information content (AvgIpc) is 2.23. The summed E-state index contributed by atoms with van der Waals surface area (Å²) in [6.07, 6.45) is 3.12. The molecule has 17 heavy (non-hydrogen) atoms. The van der Waals surface area contributed by atoms with Crippen LogP contribution in [0.4, 0.5) is 4.39 Å². The van der Waals surface area contributed by atoms with Crippen LogP contribution in [0, 0.1) is 25.1 Å². The van der Waals surface area contributed by atoms with Gasteiger partial charge in [-0.1, -0.05) is 26.0 Å². The molecule has 1 aromatic carbocycles. The molecule has 0 atom stereocenters. The largest absolute Gasteiger partial charge is 0.330 e. The van der Waals surface area contributed by atoms with Gasteiger partial charge in [-0.25, -0.2) is 4.39 Å². The van der Waals surface area contributed by atoms with Crippen molar-refractivity contribution in [3.8, 4) is 0 Å². The molecule has 0 fully saturated rings. The third-order valence-corrected chi connectivity index (χ3v) is 3.41. The molecule has 2 N–H and O–H groups in total. The number of rotatable bonds is 5. The van der Waals surface area contributed by atoms with Gasteiger partial charge in [0, 0.05) is 0 Å². The molecule has 0 spiro atoms. The first-order valence-electron chi connectivity index (χ1n) is 6.31. The van der Waals surface area contributed by atoms with E-state index in [1.165, 1.54) is 5.56 Å². The fraction of sp³-hybridized carbons (Fsp3) is 0.600. The highest BCUT2D eigenvalue weighted by atomic mass is 19.1. The second kappa shape index (κ2) is 5.63. The van der Waals surface area contributed by atoms with Gasteiger partial charge in [-0.05, 0) is 61.8 Å². The quantitative estimate of drug-likeness (QED) is 0.829. The van der Waals surface area contributed by atoms with E-state index in [4.69, 9.17) is 5.73 Å². The average molecular weight is 237 g/mol. The second-order valence-corrected chi connectivity index (χ2v) is 5.75. The van der Waals surface area contributed by atoms with Crippen LogP contribution in [-0.4, -0.2) is 6.54 Å². The van der Waals surface area contributed by atoms with Gasteiger partial charge in [0.05, 0.1) is 0 Å². The molecule has 1 nitrogen and oxygen atoms in total. The molecule has 0 amide bonds. The molecule has 0 heterocycles. The van der Waals surface area contributed by atoms with Gasteiger partial charge in [-0.15, -0.1) is 0 Å². The van der Waals surface area contributed by atoms with Crippen LogP contribution >= 0.6 is 0 Å². The van der Waals surface area contributed by atoms with E-state index in [0.29, 0.717) is 0 Å². The zero-order valence-corrected chi connectivity index (χ0v) is 11.4. The lowest BCUT2D eigenvalue weighted by Gasteiger charge is -2.24. The summed E-state index contributed by atoms with van der Waals surface area (Å²) in [4.78, 5) is 0. The molecule has 1 rings (SSSR count). The van der Waals surface area contributed by atoms with E-state index in [-0.39, 0.29) is 11.2 Å². The Hall–Kier alpha value is -0.890. The zero-order valence-electron chi connectivity index (χ0n) is 11.4. The van der Waals surface area contributed by atoms with Gasteiger partial charge >= 0.3 is 0 Å². The summed E-state index contributed by atoms with van der Waals surface area (Å²) in [5, 5.41) is 0. The van der Waals surface area contributed by atoms with Crippen LogP contribution in [0.25, 0.3) is 0 Å². The molecule has 0 aliphatic rings. The van der Waals surface area contributed by atoms with Crippen LogP contribution in [0.2, 0.25) is 0 Å². The highest BCUT2D eigenvalue weighted by Gasteiger charge is 2.16. The summed E-state index contributed by atoms with van der Waals surface area (Å²) in [5.41, 5.74) is 8.59. The van der Waals surface area contributed by atoms with Crippen LogP contribution in [0.5, 0.6) is 0 Å². The minimum absolute atomic E-state index is 0.0741. The van der Waals surface area contributed by atoms with Crippen molar-refractivity contribution in [3.05, 3.63) is 34.6 Å². The molecule has 0 unspecified atom stereocenters. The molecule has 2 heteroatoms. The second-order valence-electron chi connectivity index (χ2n) is 5.75. The first kappa shape index (κ1) is 14.2. The molecular weight excluding hydrogens is 213 g/mol. The lowest BCUT2D eigenvalue weighted by atomic mass is 9.83. The van der Waals surface area contributed by atoms with Crippen molar-refractivity contribution in [1.29, 1.82) is 0 Å². The monoisotopic (exact) mass is 237 g/mol. The standard InChI is InChI=1S/C15H24FN/c1-11-9-13(10-12(2)14(11)16)5-6-15(3,4)7-8-17/h9-10H,5-8,17H2,1-4H3. The van der Waals surface area contributed by atoms with Crippen molar-refractivity contribution in [2.75, 3.05) is 6.54 Å². The molecule has 0 aliphatic heterocycles. The van der Waals surface area contributed by atoms with Gasteiger partial charge in [0.1, 0.15) is 5.82 Å². The van der Waals surface area contributed by atoms with E-state index in [1.54, 1.807) is 0 Å². The molecule has 0 aromatic heterocycles. The predicted molar refractivity (Wildman–Crippen MR) is 71.6 cm³/mol. The van der Waals surface area contributed by atoms with Crippen molar-refractivity contribution in [1.82, 2.24) is 0 Å². The minimum atomic E-state index is -0.0741. The van der Waals surface area contributed by atoms with Gasteiger partial charge in [0.15, 0.2) is 0 Å². The van der Waals surface area contributed by atoms with Gasteiger partial charge < -0.3 is 5.73 Å². The number of halogens is 1. The maximum atomic E-state index is 13.5. The highest BCUT2D eigenvalue weighted by molar-refractivity contribution is 5.30. The maximum Gasteiger partial charge on any atom is 0.129 e. The minimum Gasteiger partial charge on any atom is -0.330 e. The van der Waals surface area contributed by atoms with Crippen LogP contribution in [-0.2, 0) is 6.42 Å². The Labute approximate surface area is 104 Å². The van der Waals surface area contributed by atoms with Crippen molar-refractivity contribution >= 4 is 0 Å².